The maximum absolute atomic E-state index is 8.81. The second kappa shape index (κ2) is 5.60. The summed E-state index contributed by atoms with van der Waals surface area (Å²) in [5, 5.41) is 15.4. The van der Waals surface area contributed by atoms with Gasteiger partial charge in [-0.3, -0.25) is 0 Å². The summed E-state index contributed by atoms with van der Waals surface area (Å²) in [4.78, 5) is 8.36. The van der Waals surface area contributed by atoms with Crippen molar-refractivity contribution in [2.75, 3.05) is 18.4 Å². The molecule has 0 radical (unpaired) electrons. The smallest absolute Gasteiger partial charge is 0.224 e. The van der Waals surface area contributed by atoms with Crippen molar-refractivity contribution < 1.29 is 0 Å². The van der Waals surface area contributed by atoms with Crippen LogP contribution in [0.5, 0.6) is 0 Å². The molecule has 0 bridgehead atoms. The lowest BCUT2D eigenvalue weighted by Gasteiger charge is -2.10. The van der Waals surface area contributed by atoms with Crippen molar-refractivity contribution in [2.45, 2.75) is 32.2 Å². The third-order valence-corrected chi connectivity index (χ3v) is 2.91. The van der Waals surface area contributed by atoms with Crippen molar-refractivity contribution in [1.82, 2.24) is 15.3 Å². The van der Waals surface area contributed by atoms with Gasteiger partial charge in [-0.2, -0.15) is 5.26 Å². The first-order chi connectivity index (χ1) is 8.28. The second-order valence-electron chi connectivity index (χ2n) is 4.34. The molecule has 1 unspecified atom stereocenters. The lowest BCUT2D eigenvalue weighted by atomic mass is 10.1. The summed E-state index contributed by atoms with van der Waals surface area (Å²) in [5.74, 6) is 0.555. The number of aromatic nitrogens is 2. The monoisotopic (exact) mass is 231 g/mol. The molecular formula is C12H17N5. The van der Waals surface area contributed by atoms with Crippen molar-refractivity contribution in [2.24, 2.45) is 0 Å². The zero-order chi connectivity index (χ0) is 12.1. The average molecular weight is 231 g/mol. The van der Waals surface area contributed by atoms with Gasteiger partial charge in [-0.15, -0.1) is 0 Å². The van der Waals surface area contributed by atoms with Crippen molar-refractivity contribution in [3.63, 3.8) is 0 Å². The molecule has 90 valence electrons. The molecular weight excluding hydrogens is 214 g/mol. The zero-order valence-corrected chi connectivity index (χ0v) is 10.0. The molecule has 2 heterocycles. The van der Waals surface area contributed by atoms with E-state index in [9.17, 15) is 0 Å². The maximum Gasteiger partial charge on any atom is 0.224 e. The Hall–Kier alpha value is -1.67. The van der Waals surface area contributed by atoms with Crippen molar-refractivity contribution in [3.05, 3.63) is 17.5 Å². The van der Waals surface area contributed by atoms with E-state index in [1.54, 1.807) is 6.07 Å². The molecule has 5 heteroatoms. The molecule has 0 saturated carbocycles. The van der Waals surface area contributed by atoms with Crippen LogP contribution >= 0.6 is 0 Å². The van der Waals surface area contributed by atoms with Gasteiger partial charge in [0.05, 0.1) is 0 Å². The molecule has 0 aliphatic carbocycles. The minimum atomic E-state index is 0.416. The standard InChI is InChI=1S/C12H17N5/c1-9-7-11(8-13)17-12(16-9)15-6-4-10-3-2-5-14-10/h7,10,14H,2-6H2,1H3,(H,15,16,17). The molecule has 0 aromatic carbocycles. The predicted molar refractivity (Wildman–Crippen MR) is 65.6 cm³/mol. The molecule has 2 rings (SSSR count). The number of rotatable bonds is 4. The predicted octanol–water partition coefficient (Wildman–Crippen LogP) is 1.21. The van der Waals surface area contributed by atoms with Gasteiger partial charge in [0, 0.05) is 18.3 Å². The summed E-state index contributed by atoms with van der Waals surface area (Å²) < 4.78 is 0. The van der Waals surface area contributed by atoms with E-state index >= 15 is 0 Å². The Morgan fingerprint density at radius 3 is 3.18 bits per heavy atom. The van der Waals surface area contributed by atoms with Crippen LogP contribution in [0.3, 0.4) is 0 Å². The topological polar surface area (TPSA) is 73.6 Å². The highest BCUT2D eigenvalue weighted by atomic mass is 15.1. The first kappa shape index (κ1) is 11.8. The largest absolute Gasteiger partial charge is 0.354 e. The molecule has 1 atom stereocenters. The number of anilines is 1. The maximum atomic E-state index is 8.81. The molecule has 1 aromatic rings. The molecule has 17 heavy (non-hydrogen) atoms. The molecule has 0 amide bonds. The lowest BCUT2D eigenvalue weighted by Crippen LogP contribution is -2.24. The van der Waals surface area contributed by atoms with Crippen LogP contribution in [0.1, 0.15) is 30.7 Å². The van der Waals surface area contributed by atoms with E-state index in [0.29, 0.717) is 17.7 Å². The minimum Gasteiger partial charge on any atom is -0.354 e. The molecule has 2 N–H and O–H groups in total. The van der Waals surface area contributed by atoms with E-state index in [0.717, 1.165) is 25.2 Å². The first-order valence-electron chi connectivity index (χ1n) is 6.01. The van der Waals surface area contributed by atoms with Crippen LogP contribution in [-0.2, 0) is 0 Å². The fraction of sp³-hybridized carbons (Fsp3) is 0.583. The molecule has 1 aliphatic heterocycles. The van der Waals surface area contributed by atoms with Crippen LogP contribution in [0.15, 0.2) is 6.07 Å². The Morgan fingerprint density at radius 2 is 2.47 bits per heavy atom. The van der Waals surface area contributed by atoms with E-state index in [1.165, 1.54) is 12.8 Å². The Labute approximate surface area is 101 Å². The van der Waals surface area contributed by atoms with Gasteiger partial charge in [0.15, 0.2) is 0 Å². The first-order valence-corrected chi connectivity index (χ1v) is 6.01. The summed E-state index contributed by atoms with van der Waals surface area (Å²) >= 11 is 0. The number of nitrogens with one attached hydrogen (secondary N) is 2. The highest BCUT2D eigenvalue weighted by Crippen LogP contribution is 2.09. The van der Waals surface area contributed by atoms with E-state index in [-0.39, 0.29) is 0 Å². The Bertz CT molecular complexity index is 417. The van der Waals surface area contributed by atoms with Crippen LogP contribution < -0.4 is 10.6 Å². The Morgan fingerprint density at radius 1 is 1.59 bits per heavy atom. The van der Waals surface area contributed by atoms with E-state index in [1.807, 2.05) is 13.0 Å². The number of nitrogens with zero attached hydrogens (tertiary/aromatic N) is 3. The molecule has 1 aromatic heterocycles. The summed E-state index contributed by atoms with van der Waals surface area (Å²) in [7, 11) is 0. The Balaban J connectivity index is 1.85. The second-order valence-corrected chi connectivity index (χ2v) is 4.34. The summed E-state index contributed by atoms with van der Waals surface area (Å²) in [5.41, 5.74) is 1.23. The van der Waals surface area contributed by atoms with Gasteiger partial charge in [-0.1, -0.05) is 0 Å². The molecule has 0 spiro atoms. The van der Waals surface area contributed by atoms with Gasteiger partial charge >= 0.3 is 0 Å². The van der Waals surface area contributed by atoms with Crippen LogP contribution in [0.2, 0.25) is 0 Å². The SMILES string of the molecule is Cc1cc(C#N)nc(NCCC2CCCN2)n1. The molecule has 1 fully saturated rings. The van der Waals surface area contributed by atoms with Crippen LogP contribution in [0, 0.1) is 18.3 Å². The van der Waals surface area contributed by atoms with Crippen molar-refractivity contribution in [3.8, 4) is 6.07 Å². The zero-order valence-electron chi connectivity index (χ0n) is 10.0. The highest BCUT2D eigenvalue weighted by Gasteiger charge is 2.13. The highest BCUT2D eigenvalue weighted by molar-refractivity contribution is 5.32. The van der Waals surface area contributed by atoms with Crippen LogP contribution in [0.25, 0.3) is 0 Å². The van der Waals surface area contributed by atoms with Gasteiger partial charge in [0.1, 0.15) is 11.8 Å². The quantitative estimate of drug-likeness (QED) is 0.814. The normalized spacial score (nSPS) is 18.9. The minimum absolute atomic E-state index is 0.416. The number of hydrogen-bond donors (Lipinski definition) is 2. The summed E-state index contributed by atoms with van der Waals surface area (Å²) in [6.07, 6.45) is 3.59. The third kappa shape index (κ3) is 3.40. The van der Waals surface area contributed by atoms with E-state index in [2.05, 4.69) is 20.6 Å². The van der Waals surface area contributed by atoms with Crippen molar-refractivity contribution in [1.29, 1.82) is 5.26 Å². The van der Waals surface area contributed by atoms with E-state index in [4.69, 9.17) is 5.26 Å². The van der Waals surface area contributed by atoms with Gasteiger partial charge in [-0.25, -0.2) is 9.97 Å². The van der Waals surface area contributed by atoms with Gasteiger partial charge in [-0.05, 0) is 38.8 Å². The third-order valence-electron chi connectivity index (χ3n) is 2.91. The van der Waals surface area contributed by atoms with E-state index < -0.39 is 0 Å². The summed E-state index contributed by atoms with van der Waals surface area (Å²) in [6, 6.07) is 4.33. The number of nitriles is 1. The van der Waals surface area contributed by atoms with Crippen LogP contribution in [0.4, 0.5) is 5.95 Å². The van der Waals surface area contributed by atoms with Crippen LogP contribution in [-0.4, -0.2) is 29.1 Å². The van der Waals surface area contributed by atoms with Crippen molar-refractivity contribution >= 4 is 5.95 Å². The molecule has 5 nitrogen and oxygen atoms in total. The summed E-state index contributed by atoms with van der Waals surface area (Å²) in [6.45, 7) is 3.84. The van der Waals surface area contributed by atoms with Gasteiger partial charge in [0.2, 0.25) is 5.95 Å². The van der Waals surface area contributed by atoms with Gasteiger partial charge in [0.25, 0.3) is 0 Å². The number of hydrogen-bond acceptors (Lipinski definition) is 5. The van der Waals surface area contributed by atoms with Gasteiger partial charge < -0.3 is 10.6 Å². The Kier molecular flexibility index (Phi) is 3.89. The average Bonchev–Trinajstić information content (AvgIpc) is 2.81. The fourth-order valence-electron chi connectivity index (χ4n) is 2.07. The fourth-order valence-corrected chi connectivity index (χ4v) is 2.07. The lowest BCUT2D eigenvalue weighted by molar-refractivity contribution is 0.573. The molecule has 1 aliphatic rings. The molecule has 1 saturated heterocycles. The number of aryl methyl sites for hydroxylation is 1.